The molecule has 0 bridgehead atoms. The number of benzene rings is 1. The zero-order valence-corrected chi connectivity index (χ0v) is 8.89. The summed E-state index contributed by atoms with van der Waals surface area (Å²) in [5.74, 6) is -0.248. The number of nitriles is 1. The van der Waals surface area contributed by atoms with E-state index in [9.17, 15) is 4.79 Å². The second-order valence-corrected chi connectivity index (χ2v) is 3.20. The lowest BCUT2D eigenvalue weighted by molar-refractivity contribution is -0.117. The minimum atomic E-state index is -0.248. The first-order valence-corrected chi connectivity index (χ1v) is 4.62. The van der Waals surface area contributed by atoms with Crippen molar-refractivity contribution in [2.45, 2.75) is 6.92 Å². The summed E-state index contributed by atoms with van der Waals surface area (Å²) in [5, 5.41) is 14.2. The van der Waals surface area contributed by atoms with Gasteiger partial charge >= 0.3 is 0 Å². The number of nitrogens with one attached hydrogen (secondary N) is 2. The lowest BCUT2D eigenvalue weighted by atomic mass is 10.2. The van der Waals surface area contributed by atoms with Crippen LogP contribution in [0.25, 0.3) is 0 Å². The van der Waals surface area contributed by atoms with E-state index in [-0.39, 0.29) is 11.0 Å². The Morgan fingerprint density at radius 2 is 2.13 bits per heavy atom. The van der Waals surface area contributed by atoms with Crippen LogP contribution in [0, 0.1) is 11.3 Å². The maximum absolute atomic E-state index is 10.7. The number of carbonyl (C=O) groups excluding carboxylic acids is 1. The fraction of sp³-hybridized carbons (Fsp3) is 0.100. The molecule has 0 spiro atoms. The standard InChI is InChI=1S/C10H9N3OS/c1-7(14)12-10(15)13-9-5-3-2-4-8(9)6-11/h2-5H,1H3,(H2,12,13,14,15). The number of hydrogen-bond acceptors (Lipinski definition) is 3. The van der Waals surface area contributed by atoms with Gasteiger partial charge < -0.3 is 10.6 Å². The number of hydrogen-bond donors (Lipinski definition) is 2. The van der Waals surface area contributed by atoms with Gasteiger partial charge in [0.15, 0.2) is 5.11 Å². The van der Waals surface area contributed by atoms with Crippen molar-refractivity contribution in [1.29, 1.82) is 5.26 Å². The summed E-state index contributed by atoms with van der Waals surface area (Å²) in [5.41, 5.74) is 1.06. The molecule has 76 valence electrons. The molecule has 1 aromatic carbocycles. The van der Waals surface area contributed by atoms with Gasteiger partial charge in [0, 0.05) is 6.92 Å². The van der Waals surface area contributed by atoms with Gasteiger partial charge in [0.25, 0.3) is 0 Å². The highest BCUT2D eigenvalue weighted by Crippen LogP contribution is 2.12. The quantitative estimate of drug-likeness (QED) is 0.700. The molecule has 0 unspecified atom stereocenters. The Bertz CT molecular complexity index is 437. The second-order valence-electron chi connectivity index (χ2n) is 2.79. The summed E-state index contributed by atoms with van der Waals surface area (Å²) >= 11 is 4.87. The lowest BCUT2D eigenvalue weighted by Crippen LogP contribution is -2.32. The lowest BCUT2D eigenvalue weighted by Gasteiger charge is -2.08. The molecule has 0 aromatic heterocycles. The van der Waals surface area contributed by atoms with Crippen LogP contribution in [0.1, 0.15) is 12.5 Å². The highest BCUT2D eigenvalue weighted by molar-refractivity contribution is 7.80. The highest BCUT2D eigenvalue weighted by Gasteiger charge is 2.03. The fourth-order valence-electron chi connectivity index (χ4n) is 1.00. The van der Waals surface area contributed by atoms with Gasteiger partial charge in [-0.05, 0) is 24.4 Å². The Balaban J connectivity index is 2.77. The van der Waals surface area contributed by atoms with Crippen molar-refractivity contribution < 1.29 is 4.79 Å². The Labute approximate surface area is 92.9 Å². The number of carbonyl (C=O) groups is 1. The van der Waals surface area contributed by atoms with E-state index in [0.717, 1.165) is 0 Å². The minimum Gasteiger partial charge on any atom is -0.331 e. The van der Waals surface area contributed by atoms with E-state index in [1.807, 2.05) is 6.07 Å². The van der Waals surface area contributed by atoms with Crippen molar-refractivity contribution in [3.05, 3.63) is 29.8 Å². The van der Waals surface area contributed by atoms with Gasteiger partial charge in [-0.1, -0.05) is 12.1 Å². The SMILES string of the molecule is CC(=O)NC(=S)Nc1ccccc1C#N. The van der Waals surface area contributed by atoms with Crippen LogP contribution < -0.4 is 10.6 Å². The van der Waals surface area contributed by atoms with Crippen molar-refractivity contribution in [2.24, 2.45) is 0 Å². The molecule has 4 nitrogen and oxygen atoms in total. The average Bonchev–Trinajstić information content (AvgIpc) is 2.17. The maximum atomic E-state index is 10.7. The van der Waals surface area contributed by atoms with Gasteiger partial charge in [-0.25, -0.2) is 0 Å². The molecule has 0 saturated heterocycles. The van der Waals surface area contributed by atoms with E-state index in [1.165, 1.54) is 6.92 Å². The van der Waals surface area contributed by atoms with Crippen molar-refractivity contribution in [3.63, 3.8) is 0 Å². The molecule has 0 aliphatic heterocycles. The Kier molecular flexibility index (Phi) is 3.77. The van der Waals surface area contributed by atoms with Crippen LogP contribution >= 0.6 is 12.2 Å². The highest BCUT2D eigenvalue weighted by atomic mass is 32.1. The smallest absolute Gasteiger partial charge is 0.222 e. The summed E-state index contributed by atoms with van der Waals surface area (Å²) in [6, 6.07) is 8.93. The number of rotatable bonds is 1. The van der Waals surface area contributed by atoms with E-state index in [0.29, 0.717) is 11.3 Å². The van der Waals surface area contributed by atoms with E-state index in [1.54, 1.807) is 24.3 Å². The normalized spacial score (nSPS) is 8.80. The Hall–Kier alpha value is -1.93. The number of amides is 1. The van der Waals surface area contributed by atoms with Crippen LogP contribution in [0.4, 0.5) is 5.69 Å². The number of anilines is 1. The first-order valence-electron chi connectivity index (χ1n) is 4.21. The van der Waals surface area contributed by atoms with Crippen molar-refractivity contribution in [2.75, 3.05) is 5.32 Å². The predicted octanol–water partition coefficient (Wildman–Crippen LogP) is 1.39. The molecule has 0 aliphatic carbocycles. The summed E-state index contributed by atoms with van der Waals surface area (Å²) in [6.07, 6.45) is 0. The molecule has 1 aromatic rings. The molecular weight excluding hydrogens is 210 g/mol. The Morgan fingerprint density at radius 1 is 1.47 bits per heavy atom. The van der Waals surface area contributed by atoms with E-state index in [2.05, 4.69) is 10.6 Å². The third-order valence-corrected chi connectivity index (χ3v) is 1.79. The first kappa shape index (κ1) is 11.1. The van der Waals surface area contributed by atoms with Crippen LogP contribution in [-0.4, -0.2) is 11.0 Å². The molecule has 0 fully saturated rings. The molecule has 0 radical (unpaired) electrons. The third kappa shape index (κ3) is 3.37. The van der Waals surface area contributed by atoms with Crippen molar-refractivity contribution in [3.8, 4) is 6.07 Å². The molecular formula is C10H9N3OS. The van der Waals surface area contributed by atoms with Crippen LogP contribution in [0.2, 0.25) is 0 Å². The zero-order chi connectivity index (χ0) is 11.3. The van der Waals surface area contributed by atoms with Crippen molar-refractivity contribution >= 4 is 28.9 Å². The monoisotopic (exact) mass is 219 g/mol. The number of nitrogens with zero attached hydrogens (tertiary/aromatic N) is 1. The zero-order valence-electron chi connectivity index (χ0n) is 8.07. The predicted molar refractivity (Wildman–Crippen MR) is 61.2 cm³/mol. The fourth-order valence-corrected chi connectivity index (χ4v) is 1.26. The van der Waals surface area contributed by atoms with Gasteiger partial charge in [-0.2, -0.15) is 5.26 Å². The molecule has 0 atom stereocenters. The van der Waals surface area contributed by atoms with Gasteiger partial charge in [0.1, 0.15) is 6.07 Å². The summed E-state index contributed by atoms with van der Waals surface area (Å²) < 4.78 is 0. The average molecular weight is 219 g/mol. The van der Waals surface area contributed by atoms with E-state index < -0.39 is 0 Å². The minimum absolute atomic E-state index is 0.185. The molecule has 0 heterocycles. The molecule has 0 saturated carbocycles. The summed E-state index contributed by atoms with van der Waals surface area (Å²) in [4.78, 5) is 10.7. The van der Waals surface area contributed by atoms with Crippen LogP contribution in [0.5, 0.6) is 0 Å². The van der Waals surface area contributed by atoms with Gasteiger partial charge in [-0.15, -0.1) is 0 Å². The van der Waals surface area contributed by atoms with Gasteiger partial charge in [0.2, 0.25) is 5.91 Å². The molecule has 1 rings (SSSR count). The van der Waals surface area contributed by atoms with Gasteiger partial charge in [0.05, 0.1) is 11.3 Å². The second kappa shape index (κ2) is 5.08. The van der Waals surface area contributed by atoms with Crippen LogP contribution in [0.15, 0.2) is 24.3 Å². The van der Waals surface area contributed by atoms with Crippen molar-refractivity contribution in [1.82, 2.24) is 5.32 Å². The number of thiocarbonyl (C=S) groups is 1. The Morgan fingerprint density at radius 3 is 2.73 bits per heavy atom. The summed E-state index contributed by atoms with van der Waals surface area (Å²) in [7, 11) is 0. The third-order valence-electron chi connectivity index (χ3n) is 1.59. The molecule has 2 N–H and O–H groups in total. The van der Waals surface area contributed by atoms with Crippen LogP contribution in [0.3, 0.4) is 0 Å². The topological polar surface area (TPSA) is 64.9 Å². The van der Waals surface area contributed by atoms with Gasteiger partial charge in [-0.3, -0.25) is 4.79 Å². The van der Waals surface area contributed by atoms with Crippen LogP contribution in [-0.2, 0) is 4.79 Å². The largest absolute Gasteiger partial charge is 0.331 e. The molecule has 0 aliphatic rings. The first-order chi connectivity index (χ1) is 7.13. The number of para-hydroxylation sites is 1. The molecule has 5 heteroatoms. The van der Waals surface area contributed by atoms with E-state index >= 15 is 0 Å². The molecule has 1 amide bonds. The molecule has 15 heavy (non-hydrogen) atoms. The summed E-state index contributed by atoms with van der Waals surface area (Å²) in [6.45, 7) is 1.37. The van der Waals surface area contributed by atoms with E-state index in [4.69, 9.17) is 17.5 Å². The maximum Gasteiger partial charge on any atom is 0.222 e.